The molecule has 3 heterocycles. The second-order valence-electron chi connectivity index (χ2n) is 3.63. The van der Waals surface area contributed by atoms with Gasteiger partial charge in [0.2, 0.25) is 0 Å². The summed E-state index contributed by atoms with van der Waals surface area (Å²) >= 11 is 7.14. The minimum atomic E-state index is 0.413. The number of halogens is 1. The summed E-state index contributed by atoms with van der Waals surface area (Å²) in [6.07, 6.45) is 1.17. The molecule has 1 aliphatic heterocycles. The van der Waals surface area contributed by atoms with Gasteiger partial charge >= 0.3 is 0 Å². The second-order valence-corrected chi connectivity index (χ2v) is 6.87. The van der Waals surface area contributed by atoms with Crippen molar-refractivity contribution in [2.45, 2.75) is 12.5 Å². The molecule has 0 saturated carbocycles. The van der Waals surface area contributed by atoms with E-state index in [0.717, 1.165) is 6.54 Å². The Morgan fingerprint density at radius 1 is 1.40 bits per heavy atom. The van der Waals surface area contributed by atoms with Crippen molar-refractivity contribution >= 4 is 38.6 Å². The third kappa shape index (κ3) is 1.80. The number of hydrogen-bond donors (Lipinski definition) is 1. The Morgan fingerprint density at radius 3 is 3.13 bits per heavy atom. The summed E-state index contributed by atoms with van der Waals surface area (Å²) in [6, 6.07) is 4.89. The van der Waals surface area contributed by atoms with Gasteiger partial charge in [0.25, 0.3) is 0 Å². The average molecular weight is 300 g/mol. The van der Waals surface area contributed by atoms with E-state index in [-0.39, 0.29) is 0 Å². The van der Waals surface area contributed by atoms with Crippen LogP contribution in [0.1, 0.15) is 22.0 Å². The fraction of sp³-hybridized carbons (Fsp3) is 0.273. The van der Waals surface area contributed by atoms with Gasteiger partial charge in [-0.05, 0) is 56.4 Å². The average Bonchev–Trinajstić information content (AvgIpc) is 2.84. The monoisotopic (exact) mass is 299 g/mol. The van der Waals surface area contributed by atoms with E-state index < -0.39 is 0 Å². The van der Waals surface area contributed by atoms with E-state index in [1.54, 1.807) is 11.3 Å². The van der Waals surface area contributed by atoms with E-state index in [4.69, 9.17) is 0 Å². The molecule has 78 valence electrons. The van der Waals surface area contributed by atoms with Crippen LogP contribution in [-0.2, 0) is 6.42 Å². The third-order valence-corrected chi connectivity index (χ3v) is 5.25. The summed E-state index contributed by atoms with van der Waals surface area (Å²) in [5.74, 6) is 0. The maximum Gasteiger partial charge on any atom is 0.0701 e. The standard InChI is InChI=1S/C11H10BrNS2/c12-9-5-8(6-15-9)10-11-7(1-3-13-10)2-4-14-11/h2,4-6,10,13H,1,3H2. The predicted molar refractivity (Wildman–Crippen MR) is 69.9 cm³/mol. The van der Waals surface area contributed by atoms with Crippen LogP contribution in [0.25, 0.3) is 0 Å². The van der Waals surface area contributed by atoms with Crippen molar-refractivity contribution in [3.8, 4) is 0 Å². The Kier molecular flexibility index (Phi) is 2.68. The van der Waals surface area contributed by atoms with Gasteiger partial charge in [0.05, 0.1) is 9.83 Å². The summed E-state index contributed by atoms with van der Waals surface area (Å²) < 4.78 is 1.21. The second kappa shape index (κ2) is 4.01. The van der Waals surface area contributed by atoms with Crippen LogP contribution in [0.2, 0.25) is 0 Å². The minimum absolute atomic E-state index is 0.413. The highest BCUT2D eigenvalue weighted by molar-refractivity contribution is 9.11. The molecule has 1 aliphatic rings. The molecule has 0 saturated heterocycles. The maximum absolute atomic E-state index is 3.59. The van der Waals surface area contributed by atoms with Crippen molar-refractivity contribution in [3.63, 3.8) is 0 Å². The quantitative estimate of drug-likeness (QED) is 0.844. The lowest BCUT2D eigenvalue weighted by Crippen LogP contribution is -2.28. The molecule has 2 aromatic heterocycles. The normalized spacial score (nSPS) is 20.2. The van der Waals surface area contributed by atoms with Crippen LogP contribution in [0.5, 0.6) is 0 Å². The molecular weight excluding hydrogens is 290 g/mol. The number of hydrogen-bond acceptors (Lipinski definition) is 3. The first-order valence-corrected chi connectivity index (χ1v) is 7.43. The largest absolute Gasteiger partial charge is 0.305 e. The van der Waals surface area contributed by atoms with Gasteiger partial charge in [-0.15, -0.1) is 22.7 Å². The van der Waals surface area contributed by atoms with Gasteiger partial charge in [0, 0.05) is 11.4 Å². The highest BCUT2D eigenvalue weighted by Crippen LogP contribution is 2.35. The fourth-order valence-corrected chi connectivity index (χ4v) is 4.25. The van der Waals surface area contributed by atoms with Gasteiger partial charge in [-0.25, -0.2) is 0 Å². The number of nitrogens with one attached hydrogen (secondary N) is 1. The van der Waals surface area contributed by atoms with Gasteiger partial charge in [0.15, 0.2) is 0 Å². The molecule has 0 fully saturated rings. The summed E-state index contributed by atoms with van der Waals surface area (Å²) in [7, 11) is 0. The topological polar surface area (TPSA) is 12.0 Å². The Bertz CT molecular complexity index is 474. The van der Waals surface area contributed by atoms with Crippen molar-refractivity contribution < 1.29 is 0 Å². The first-order valence-electron chi connectivity index (χ1n) is 4.88. The molecule has 4 heteroatoms. The van der Waals surface area contributed by atoms with Gasteiger partial charge < -0.3 is 5.32 Å². The summed E-state index contributed by atoms with van der Waals surface area (Å²) in [6.45, 7) is 1.09. The van der Waals surface area contributed by atoms with Crippen molar-refractivity contribution in [2.75, 3.05) is 6.54 Å². The van der Waals surface area contributed by atoms with Crippen molar-refractivity contribution in [2.24, 2.45) is 0 Å². The first kappa shape index (κ1) is 10.0. The Labute approximate surface area is 105 Å². The van der Waals surface area contributed by atoms with Gasteiger partial charge in [-0.1, -0.05) is 0 Å². The summed E-state index contributed by atoms with van der Waals surface area (Å²) in [5, 5.41) is 8.02. The zero-order valence-corrected chi connectivity index (χ0v) is 11.2. The van der Waals surface area contributed by atoms with Gasteiger partial charge in [0.1, 0.15) is 0 Å². The molecule has 1 unspecified atom stereocenters. The van der Waals surface area contributed by atoms with Crippen LogP contribution in [0.4, 0.5) is 0 Å². The molecule has 1 nitrogen and oxygen atoms in total. The van der Waals surface area contributed by atoms with Crippen LogP contribution < -0.4 is 5.32 Å². The molecule has 0 bridgehead atoms. The summed E-state index contributed by atoms with van der Waals surface area (Å²) in [5.41, 5.74) is 2.90. The molecule has 15 heavy (non-hydrogen) atoms. The van der Waals surface area contributed by atoms with E-state index in [9.17, 15) is 0 Å². The highest BCUT2D eigenvalue weighted by atomic mass is 79.9. The number of rotatable bonds is 1. The van der Waals surface area contributed by atoms with Gasteiger partial charge in [-0.3, -0.25) is 0 Å². The van der Waals surface area contributed by atoms with Crippen LogP contribution >= 0.6 is 38.6 Å². The molecule has 0 spiro atoms. The van der Waals surface area contributed by atoms with E-state index >= 15 is 0 Å². The molecule has 0 aliphatic carbocycles. The van der Waals surface area contributed by atoms with Crippen LogP contribution in [0, 0.1) is 0 Å². The lowest BCUT2D eigenvalue weighted by atomic mass is 10.00. The lowest BCUT2D eigenvalue weighted by Gasteiger charge is -2.23. The van der Waals surface area contributed by atoms with Crippen molar-refractivity contribution in [3.05, 3.63) is 42.7 Å². The molecule has 0 aromatic carbocycles. The molecule has 1 N–H and O–H groups in total. The maximum atomic E-state index is 3.59. The fourth-order valence-electron chi connectivity index (χ4n) is 2.00. The number of fused-ring (bicyclic) bond motifs is 1. The van der Waals surface area contributed by atoms with E-state index in [1.807, 2.05) is 11.3 Å². The van der Waals surface area contributed by atoms with Crippen molar-refractivity contribution in [1.29, 1.82) is 0 Å². The Morgan fingerprint density at radius 2 is 2.33 bits per heavy atom. The van der Waals surface area contributed by atoms with E-state index in [0.29, 0.717) is 6.04 Å². The molecule has 3 rings (SSSR count). The lowest BCUT2D eigenvalue weighted by molar-refractivity contribution is 0.579. The summed E-state index contributed by atoms with van der Waals surface area (Å²) in [4.78, 5) is 1.49. The molecule has 2 aromatic rings. The zero-order chi connectivity index (χ0) is 10.3. The number of thiophene rings is 2. The first-order chi connectivity index (χ1) is 7.34. The SMILES string of the molecule is Brc1cc(C2NCCc3ccsc32)cs1. The highest BCUT2D eigenvalue weighted by Gasteiger charge is 2.22. The Balaban J connectivity index is 2.02. The van der Waals surface area contributed by atoms with Crippen LogP contribution in [-0.4, -0.2) is 6.54 Å². The Hall–Kier alpha value is -0.160. The van der Waals surface area contributed by atoms with Crippen LogP contribution in [0.3, 0.4) is 0 Å². The minimum Gasteiger partial charge on any atom is -0.305 e. The molecule has 0 radical (unpaired) electrons. The van der Waals surface area contributed by atoms with E-state index in [2.05, 4.69) is 44.1 Å². The molecule has 0 amide bonds. The smallest absolute Gasteiger partial charge is 0.0701 e. The predicted octanol–water partition coefficient (Wildman–Crippen LogP) is 3.81. The van der Waals surface area contributed by atoms with Gasteiger partial charge in [-0.2, -0.15) is 0 Å². The molecule has 1 atom stereocenters. The van der Waals surface area contributed by atoms with E-state index in [1.165, 1.54) is 26.2 Å². The van der Waals surface area contributed by atoms with Crippen LogP contribution in [0.15, 0.2) is 26.7 Å². The van der Waals surface area contributed by atoms with Crippen molar-refractivity contribution in [1.82, 2.24) is 5.32 Å². The third-order valence-electron chi connectivity index (χ3n) is 2.71. The molecular formula is C11H10BrNS2. The zero-order valence-electron chi connectivity index (χ0n) is 8.00.